The van der Waals surface area contributed by atoms with Gasteiger partial charge in [-0.2, -0.15) is 10.5 Å². The van der Waals surface area contributed by atoms with Gasteiger partial charge in [-0.1, -0.05) is 48.5 Å². The first-order chi connectivity index (χ1) is 16.1. The van der Waals surface area contributed by atoms with Crippen LogP contribution in [0.4, 0.5) is 11.4 Å². The highest BCUT2D eigenvalue weighted by molar-refractivity contribution is 5.65. The minimum Gasteiger partial charge on any atom is -0.497 e. The highest BCUT2D eigenvalue weighted by atomic mass is 16.5. The van der Waals surface area contributed by atoms with Gasteiger partial charge in [-0.05, 0) is 36.4 Å². The Labute approximate surface area is 192 Å². The standard InChI is InChI=1S/C26H22N6O/c1-33-23-14-12-22(13-15-23)32-25(29)16-24(19(17-27)18-28)31-26(32,20-8-4-2-5-9-20)30-21-10-6-3-7-11-21/h2-16,30-31H,29H2,1H3. The lowest BCUT2D eigenvalue weighted by Crippen LogP contribution is -2.64. The van der Waals surface area contributed by atoms with Crippen LogP contribution in [-0.2, 0) is 5.79 Å². The number of ether oxygens (including phenoxy) is 1. The quantitative estimate of drug-likeness (QED) is 0.518. The van der Waals surface area contributed by atoms with Gasteiger partial charge < -0.3 is 21.1 Å². The first-order valence-electron chi connectivity index (χ1n) is 10.2. The number of allylic oxidation sites excluding steroid dienone is 2. The number of nitrogens with one attached hydrogen (secondary N) is 2. The van der Waals surface area contributed by atoms with Crippen LogP contribution in [0.25, 0.3) is 0 Å². The lowest BCUT2D eigenvalue weighted by Gasteiger charge is -2.49. The Hall–Kier alpha value is -4.88. The maximum Gasteiger partial charge on any atom is 0.220 e. The van der Waals surface area contributed by atoms with Gasteiger partial charge in [-0.25, -0.2) is 0 Å². The molecule has 1 atom stereocenters. The van der Waals surface area contributed by atoms with E-state index in [-0.39, 0.29) is 5.57 Å². The van der Waals surface area contributed by atoms with Crippen molar-refractivity contribution >= 4 is 11.4 Å². The van der Waals surface area contributed by atoms with Crippen molar-refractivity contribution in [2.75, 3.05) is 17.3 Å². The molecular weight excluding hydrogens is 412 g/mol. The SMILES string of the molecule is COc1ccc(N2C(N)=CC(=C(C#N)C#N)NC2(Nc2ccccc2)c2ccccc2)cc1. The van der Waals surface area contributed by atoms with E-state index >= 15 is 0 Å². The zero-order valence-electron chi connectivity index (χ0n) is 18.0. The summed E-state index contributed by atoms with van der Waals surface area (Å²) in [5, 5.41) is 26.1. The molecule has 1 unspecified atom stereocenters. The van der Waals surface area contributed by atoms with Crippen LogP contribution < -0.4 is 26.0 Å². The molecule has 0 bridgehead atoms. The molecular formula is C26H22N6O. The van der Waals surface area contributed by atoms with Crippen molar-refractivity contribution in [3.05, 3.63) is 114 Å². The lowest BCUT2D eigenvalue weighted by atomic mass is 9.99. The molecule has 33 heavy (non-hydrogen) atoms. The fourth-order valence-corrected chi connectivity index (χ4v) is 3.82. The third-order valence-electron chi connectivity index (χ3n) is 5.32. The molecule has 1 heterocycles. The summed E-state index contributed by atoms with van der Waals surface area (Å²) < 4.78 is 5.32. The second-order valence-electron chi connectivity index (χ2n) is 7.31. The topological polar surface area (TPSA) is 110 Å². The molecule has 1 aliphatic rings. The Morgan fingerprint density at radius 3 is 2.12 bits per heavy atom. The molecule has 1 aliphatic heterocycles. The Bertz CT molecular complexity index is 1250. The molecule has 0 radical (unpaired) electrons. The molecule has 7 nitrogen and oxygen atoms in total. The van der Waals surface area contributed by atoms with E-state index in [9.17, 15) is 10.5 Å². The Kier molecular flexibility index (Phi) is 5.88. The number of hydrogen-bond acceptors (Lipinski definition) is 7. The van der Waals surface area contributed by atoms with Gasteiger partial charge in [0.05, 0.1) is 12.8 Å². The van der Waals surface area contributed by atoms with Crippen LogP contribution in [0.1, 0.15) is 5.56 Å². The summed E-state index contributed by atoms with van der Waals surface area (Å²) in [6.07, 6.45) is 1.60. The summed E-state index contributed by atoms with van der Waals surface area (Å²) in [5.41, 5.74) is 9.29. The van der Waals surface area contributed by atoms with Gasteiger partial charge in [0.1, 0.15) is 23.7 Å². The van der Waals surface area contributed by atoms with Crippen molar-refractivity contribution in [2.45, 2.75) is 5.79 Å². The summed E-state index contributed by atoms with van der Waals surface area (Å²) >= 11 is 0. The highest BCUT2D eigenvalue weighted by Gasteiger charge is 2.44. The van der Waals surface area contributed by atoms with Crippen molar-refractivity contribution in [3.8, 4) is 17.9 Å². The zero-order chi connectivity index (χ0) is 23.3. The van der Waals surface area contributed by atoms with E-state index in [0.29, 0.717) is 17.3 Å². The van der Waals surface area contributed by atoms with Gasteiger partial charge in [-0.3, -0.25) is 4.90 Å². The van der Waals surface area contributed by atoms with Crippen LogP contribution in [0, 0.1) is 22.7 Å². The molecule has 3 aromatic carbocycles. The van der Waals surface area contributed by atoms with Crippen LogP contribution >= 0.6 is 0 Å². The number of benzene rings is 3. The van der Waals surface area contributed by atoms with E-state index in [1.165, 1.54) is 0 Å². The summed E-state index contributed by atoms with van der Waals surface area (Å²) in [5.74, 6) is -0.0849. The number of hydrogen-bond donors (Lipinski definition) is 3. The van der Waals surface area contributed by atoms with Crippen LogP contribution in [0.15, 0.2) is 108 Å². The summed E-state index contributed by atoms with van der Waals surface area (Å²) in [7, 11) is 1.61. The molecule has 0 aliphatic carbocycles. The van der Waals surface area contributed by atoms with Gasteiger partial charge in [0.2, 0.25) is 5.79 Å². The second-order valence-corrected chi connectivity index (χ2v) is 7.31. The summed E-state index contributed by atoms with van der Waals surface area (Å²) in [4.78, 5) is 1.89. The van der Waals surface area contributed by atoms with Crippen LogP contribution in [0.3, 0.4) is 0 Å². The third-order valence-corrected chi connectivity index (χ3v) is 5.32. The number of rotatable bonds is 5. The average Bonchev–Trinajstić information content (AvgIpc) is 2.86. The van der Waals surface area contributed by atoms with Crippen LogP contribution in [-0.4, -0.2) is 7.11 Å². The Balaban J connectivity index is 2.00. The van der Waals surface area contributed by atoms with Crippen molar-refractivity contribution in [2.24, 2.45) is 5.73 Å². The number of anilines is 2. The van der Waals surface area contributed by atoms with E-state index in [2.05, 4.69) is 10.6 Å². The normalized spacial score (nSPS) is 17.1. The van der Waals surface area contributed by atoms with Gasteiger partial charge in [-0.15, -0.1) is 0 Å². The molecule has 7 heteroatoms. The van der Waals surface area contributed by atoms with Crippen molar-refractivity contribution in [1.82, 2.24) is 5.32 Å². The number of nitrogens with zero attached hydrogens (tertiary/aromatic N) is 3. The van der Waals surface area contributed by atoms with Gasteiger partial charge in [0, 0.05) is 23.0 Å². The monoisotopic (exact) mass is 434 g/mol. The predicted molar refractivity (Wildman–Crippen MR) is 127 cm³/mol. The Morgan fingerprint density at radius 2 is 1.55 bits per heavy atom. The third kappa shape index (κ3) is 4.04. The summed E-state index contributed by atoms with van der Waals surface area (Å²) in [6.45, 7) is 0. The highest BCUT2D eigenvalue weighted by Crippen LogP contribution is 2.39. The first kappa shape index (κ1) is 21.4. The number of para-hydroxylation sites is 1. The molecule has 162 valence electrons. The number of nitriles is 2. The lowest BCUT2D eigenvalue weighted by molar-refractivity contribution is 0.403. The van der Waals surface area contributed by atoms with Gasteiger partial charge >= 0.3 is 0 Å². The van der Waals surface area contributed by atoms with Crippen LogP contribution in [0.5, 0.6) is 5.75 Å². The van der Waals surface area contributed by atoms with E-state index in [4.69, 9.17) is 10.5 Å². The van der Waals surface area contributed by atoms with Gasteiger partial charge in [0.15, 0.2) is 5.57 Å². The maximum atomic E-state index is 9.55. The van der Waals surface area contributed by atoms with E-state index < -0.39 is 5.79 Å². The predicted octanol–water partition coefficient (Wildman–Crippen LogP) is 4.13. The molecule has 0 saturated heterocycles. The van der Waals surface area contributed by atoms with Gasteiger partial charge in [0.25, 0.3) is 0 Å². The van der Waals surface area contributed by atoms with Crippen molar-refractivity contribution in [3.63, 3.8) is 0 Å². The smallest absolute Gasteiger partial charge is 0.220 e. The molecule has 0 spiro atoms. The number of methoxy groups -OCH3 is 1. The minimum atomic E-state index is -1.15. The largest absolute Gasteiger partial charge is 0.497 e. The van der Waals surface area contributed by atoms with E-state index in [1.807, 2.05) is 102 Å². The Morgan fingerprint density at radius 1 is 0.939 bits per heavy atom. The average molecular weight is 435 g/mol. The van der Waals surface area contributed by atoms with E-state index in [0.717, 1.165) is 16.9 Å². The maximum absolute atomic E-state index is 9.55. The van der Waals surface area contributed by atoms with Crippen molar-refractivity contribution in [1.29, 1.82) is 10.5 Å². The molecule has 0 fully saturated rings. The molecule has 4 rings (SSSR count). The summed E-state index contributed by atoms with van der Waals surface area (Å²) in [6, 6.07) is 30.7. The molecule has 0 aromatic heterocycles. The van der Waals surface area contributed by atoms with Crippen LogP contribution in [0.2, 0.25) is 0 Å². The zero-order valence-corrected chi connectivity index (χ0v) is 18.0. The number of nitrogens with two attached hydrogens (primary N) is 1. The van der Waals surface area contributed by atoms with Crippen molar-refractivity contribution < 1.29 is 4.74 Å². The minimum absolute atomic E-state index is 0.0671. The molecule has 4 N–H and O–H groups in total. The molecule has 0 amide bonds. The fourth-order valence-electron chi connectivity index (χ4n) is 3.82. The molecule has 0 saturated carbocycles. The molecule has 3 aromatic rings. The second kappa shape index (κ2) is 9.09. The van der Waals surface area contributed by atoms with E-state index in [1.54, 1.807) is 13.2 Å². The fraction of sp³-hybridized carbons (Fsp3) is 0.0769. The first-order valence-corrected chi connectivity index (χ1v) is 10.2.